The van der Waals surface area contributed by atoms with E-state index in [-0.39, 0.29) is 5.91 Å². The molecule has 1 aromatic carbocycles. The fourth-order valence-electron chi connectivity index (χ4n) is 2.59. The van der Waals surface area contributed by atoms with Crippen LogP contribution in [-0.4, -0.2) is 63.4 Å². The van der Waals surface area contributed by atoms with Gasteiger partial charge in [0.1, 0.15) is 0 Å². The molecule has 5 nitrogen and oxygen atoms in total. The average Bonchev–Trinajstić information content (AvgIpc) is 2.56. The van der Waals surface area contributed by atoms with E-state index < -0.39 is 0 Å². The fraction of sp³-hybridized carbons (Fsp3) is 0.533. The molecule has 2 saturated heterocycles. The van der Waals surface area contributed by atoms with Crippen molar-refractivity contribution in [2.45, 2.75) is 0 Å². The second-order valence-corrected chi connectivity index (χ2v) is 5.05. The quantitative estimate of drug-likeness (QED) is 0.808. The van der Waals surface area contributed by atoms with Crippen LogP contribution in [0, 0.1) is 0 Å². The SMILES string of the molecule is O=C(c1ccc(N2CCOCC2)cc1)N1CCOCC1. The zero-order valence-corrected chi connectivity index (χ0v) is 11.6. The molecule has 0 saturated carbocycles. The van der Waals surface area contributed by atoms with E-state index in [2.05, 4.69) is 4.90 Å². The lowest BCUT2D eigenvalue weighted by Gasteiger charge is -2.29. The molecule has 2 aliphatic rings. The highest BCUT2D eigenvalue weighted by Crippen LogP contribution is 2.17. The molecule has 0 N–H and O–H groups in total. The maximum atomic E-state index is 12.3. The summed E-state index contributed by atoms with van der Waals surface area (Å²) in [5, 5.41) is 0. The van der Waals surface area contributed by atoms with Gasteiger partial charge in [-0.05, 0) is 24.3 Å². The van der Waals surface area contributed by atoms with Crippen molar-refractivity contribution in [1.82, 2.24) is 4.90 Å². The molecular weight excluding hydrogens is 256 g/mol. The van der Waals surface area contributed by atoms with Gasteiger partial charge in [0.05, 0.1) is 26.4 Å². The standard InChI is InChI=1S/C15H20N2O3/c18-15(17-7-11-20-12-8-17)13-1-3-14(4-2-13)16-5-9-19-10-6-16/h1-4H,5-12H2. The number of morpholine rings is 2. The van der Waals surface area contributed by atoms with Gasteiger partial charge in [0.15, 0.2) is 0 Å². The average molecular weight is 276 g/mol. The van der Waals surface area contributed by atoms with E-state index >= 15 is 0 Å². The van der Waals surface area contributed by atoms with Gasteiger partial charge in [-0.2, -0.15) is 0 Å². The molecule has 3 rings (SSSR count). The minimum absolute atomic E-state index is 0.0989. The molecule has 1 aromatic rings. The Labute approximate surface area is 119 Å². The third kappa shape index (κ3) is 2.94. The number of nitrogens with zero attached hydrogens (tertiary/aromatic N) is 2. The number of carbonyl (C=O) groups excluding carboxylic acids is 1. The van der Waals surface area contributed by atoms with Crippen molar-refractivity contribution in [3.05, 3.63) is 29.8 Å². The number of hydrogen-bond acceptors (Lipinski definition) is 4. The van der Waals surface area contributed by atoms with E-state index in [1.165, 1.54) is 0 Å². The summed E-state index contributed by atoms with van der Waals surface area (Å²) in [7, 11) is 0. The number of rotatable bonds is 2. The summed E-state index contributed by atoms with van der Waals surface area (Å²) < 4.78 is 10.6. The van der Waals surface area contributed by atoms with E-state index in [0.29, 0.717) is 26.3 Å². The number of anilines is 1. The van der Waals surface area contributed by atoms with Gasteiger partial charge in [-0.25, -0.2) is 0 Å². The third-order valence-corrected chi connectivity index (χ3v) is 3.79. The first-order valence-electron chi connectivity index (χ1n) is 7.14. The summed E-state index contributed by atoms with van der Waals surface area (Å²) in [5.74, 6) is 0.0989. The lowest BCUT2D eigenvalue weighted by molar-refractivity contribution is 0.0303. The number of amides is 1. The molecule has 0 atom stereocenters. The van der Waals surface area contributed by atoms with Crippen molar-refractivity contribution in [2.75, 3.05) is 57.5 Å². The maximum absolute atomic E-state index is 12.3. The summed E-state index contributed by atoms with van der Waals surface area (Å²) in [4.78, 5) is 16.5. The van der Waals surface area contributed by atoms with Crippen LogP contribution in [0.4, 0.5) is 5.69 Å². The van der Waals surface area contributed by atoms with Crippen molar-refractivity contribution < 1.29 is 14.3 Å². The van der Waals surface area contributed by atoms with Crippen LogP contribution in [0.1, 0.15) is 10.4 Å². The normalized spacial score (nSPS) is 20.0. The molecule has 0 radical (unpaired) electrons. The molecule has 0 unspecified atom stereocenters. The zero-order chi connectivity index (χ0) is 13.8. The van der Waals surface area contributed by atoms with Gasteiger partial charge < -0.3 is 19.3 Å². The van der Waals surface area contributed by atoms with E-state index in [4.69, 9.17) is 9.47 Å². The monoisotopic (exact) mass is 276 g/mol. The van der Waals surface area contributed by atoms with Gasteiger partial charge in [-0.3, -0.25) is 4.79 Å². The van der Waals surface area contributed by atoms with Crippen molar-refractivity contribution in [2.24, 2.45) is 0 Å². The van der Waals surface area contributed by atoms with Gasteiger partial charge in [0.25, 0.3) is 5.91 Å². The van der Waals surface area contributed by atoms with Gasteiger partial charge in [0, 0.05) is 37.4 Å². The van der Waals surface area contributed by atoms with E-state index in [1.807, 2.05) is 29.2 Å². The molecule has 20 heavy (non-hydrogen) atoms. The van der Waals surface area contributed by atoms with Crippen molar-refractivity contribution in [3.8, 4) is 0 Å². The highest BCUT2D eigenvalue weighted by atomic mass is 16.5. The Morgan fingerprint density at radius 1 is 0.850 bits per heavy atom. The Hall–Kier alpha value is -1.59. The number of carbonyl (C=O) groups is 1. The van der Waals surface area contributed by atoms with E-state index in [1.54, 1.807) is 0 Å². The van der Waals surface area contributed by atoms with Gasteiger partial charge in [-0.15, -0.1) is 0 Å². The highest BCUT2D eigenvalue weighted by molar-refractivity contribution is 5.94. The van der Waals surface area contributed by atoms with Crippen LogP contribution in [-0.2, 0) is 9.47 Å². The topological polar surface area (TPSA) is 42.0 Å². The van der Waals surface area contributed by atoms with Crippen LogP contribution in [0.25, 0.3) is 0 Å². The summed E-state index contributed by atoms with van der Waals surface area (Å²) in [6.45, 7) is 6.01. The molecule has 2 aliphatic heterocycles. The molecule has 108 valence electrons. The van der Waals surface area contributed by atoms with Crippen molar-refractivity contribution >= 4 is 11.6 Å². The second-order valence-electron chi connectivity index (χ2n) is 5.05. The minimum atomic E-state index is 0.0989. The van der Waals surface area contributed by atoms with Crippen LogP contribution in [0.3, 0.4) is 0 Å². The lowest BCUT2D eigenvalue weighted by Crippen LogP contribution is -2.40. The van der Waals surface area contributed by atoms with Crippen molar-refractivity contribution in [1.29, 1.82) is 0 Å². The second kappa shape index (κ2) is 6.24. The molecule has 0 aromatic heterocycles. The summed E-state index contributed by atoms with van der Waals surface area (Å²) in [5.41, 5.74) is 1.91. The van der Waals surface area contributed by atoms with E-state index in [9.17, 15) is 4.79 Å². The van der Waals surface area contributed by atoms with Gasteiger partial charge in [-0.1, -0.05) is 0 Å². The third-order valence-electron chi connectivity index (χ3n) is 3.79. The van der Waals surface area contributed by atoms with Crippen LogP contribution in [0.5, 0.6) is 0 Å². The Balaban J connectivity index is 1.67. The first-order valence-corrected chi connectivity index (χ1v) is 7.14. The molecule has 2 fully saturated rings. The molecule has 0 spiro atoms. The molecular formula is C15H20N2O3. The largest absolute Gasteiger partial charge is 0.378 e. The summed E-state index contributed by atoms with van der Waals surface area (Å²) in [6, 6.07) is 7.89. The Morgan fingerprint density at radius 2 is 1.40 bits per heavy atom. The van der Waals surface area contributed by atoms with E-state index in [0.717, 1.165) is 37.6 Å². The first kappa shape index (κ1) is 13.4. The number of hydrogen-bond donors (Lipinski definition) is 0. The maximum Gasteiger partial charge on any atom is 0.254 e. The van der Waals surface area contributed by atoms with Crippen LogP contribution < -0.4 is 4.90 Å². The van der Waals surface area contributed by atoms with Crippen LogP contribution in [0.2, 0.25) is 0 Å². The van der Waals surface area contributed by atoms with Gasteiger partial charge >= 0.3 is 0 Å². The first-order chi connectivity index (χ1) is 9.84. The van der Waals surface area contributed by atoms with Crippen LogP contribution >= 0.6 is 0 Å². The molecule has 1 amide bonds. The highest BCUT2D eigenvalue weighted by Gasteiger charge is 2.19. The predicted octanol–water partition coefficient (Wildman–Crippen LogP) is 0.996. The number of ether oxygens (including phenoxy) is 2. The van der Waals surface area contributed by atoms with Gasteiger partial charge in [0.2, 0.25) is 0 Å². The number of benzene rings is 1. The Bertz CT molecular complexity index is 449. The van der Waals surface area contributed by atoms with Crippen molar-refractivity contribution in [3.63, 3.8) is 0 Å². The predicted molar refractivity (Wildman–Crippen MR) is 76.2 cm³/mol. The Kier molecular flexibility index (Phi) is 4.18. The minimum Gasteiger partial charge on any atom is -0.378 e. The smallest absolute Gasteiger partial charge is 0.254 e. The van der Waals surface area contributed by atoms with Crippen LogP contribution in [0.15, 0.2) is 24.3 Å². The fourth-order valence-corrected chi connectivity index (χ4v) is 2.59. The molecule has 2 heterocycles. The Morgan fingerprint density at radius 3 is 2.00 bits per heavy atom. The summed E-state index contributed by atoms with van der Waals surface area (Å²) >= 11 is 0. The molecule has 5 heteroatoms. The summed E-state index contributed by atoms with van der Waals surface area (Å²) in [6.07, 6.45) is 0. The lowest BCUT2D eigenvalue weighted by atomic mass is 10.1. The molecule has 0 bridgehead atoms. The zero-order valence-electron chi connectivity index (χ0n) is 11.6. The molecule has 0 aliphatic carbocycles.